The van der Waals surface area contributed by atoms with Gasteiger partial charge in [-0.3, -0.25) is 0 Å². The van der Waals surface area contributed by atoms with Crippen LogP contribution in [0.5, 0.6) is 11.5 Å². The smallest absolute Gasteiger partial charge is 0.234 e. The molecule has 4 heteroatoms. The highest BCUT2D eigenvalue weighted by molar-refractivity contribution is 7.46. The molecule has 3 nitrogen and oxygen atoms in total. The highest BCUT2D eigenvalue weighted by Gasteiger charge is 2.13. The van der Waals surface area contributed by atoms with Crippen molar-refractivity contribution < 1.29 is 13.8 Å². The number of methoxy groups -OCH3 is 1. The van der Waals surface area contributed by atoms with Crippen molar-refractivity contribution in [3.8, 4) is 11.5 Å². The van der Waals surface area contributed by atoms with E-state index < -0.39 is 8.38 Å². The second-order valence-electron chi connectivity index (χ2n) is 4.16. The lowest BCUT2D eigenvalue weighted by Crippen LogP contribution is -1.96. The van der Waals surface area contributed by atoms with Gasteiger partial charge in [-0.1, -0.05) is 30.3 Å². The largest absolute Gasteiger partial charge is 0.497 e. The molecule has 0 fully saturated rings. The van der Waals surface area contributed by atoms with Crippen LogP contribution in [0.25, 0.3) is 0 Å². The van der Waals surface area contributed by atoms with Crippen molar-refractivity contribution >= 4 is 8.38 Å². The van der Waals surface area contributed by atoms with Crippen LogP contribution in [0.4, 0.5) is 0 Å². The Labute approximate surface area is 121 Å². The number of ether oxygens (including phenoxy) is 1. The third-order valence-electron chi connectivity index (χ3n) is 2.69. The van der Waals surface area contributed by atoms with Gasteiger partial charge in [0.25, 0.3) is 0 Å². The second-order valence-corrected chi connectivity index (χ2v) is 5.58. The van der Waals surface area contributed by atoms with Crippen LogP contribution < -0.4 is 9.26 Å². The van der Waals surface area contributed by atoms with E-state index in [-0.39, 0.29) is 0 Å². The van der Waals surface area contributed by atoms with E-state index in [4.69, 9.17) is 13.8 Å². The van der Waals surface area contributed by atoms with Crippen LogP contribution in [0.3, 0.4) is 0 Å². The first-order chi connectivity index (χ1) is 9.81. The molecular weight excluding hydrogens is 271 g/mol. The summed E-state index contributed by atoms with van der Waals surface area (Å²) >= 11 is 0. The lowest BCUT2D eigenvalue weighted by molar-refractivity contribution is 0.333. The molecule has 0 aliphatic carbocycles. The van der Waals surface area contributed by atoms with Gasteiger partial charge in [0.05, 0.1) is 19.9 Å². The number of rotatable bonds is 7. The average Bonchev–Trinajstić information content (AvgIpc) is 2.49. The van der Waals surface area contributed by atoms with Crippen molar-refractivity contribution in [1.29, 1.82) is 0 Å². The first kappa shape index (κ1) is 14.8. The summed E-state index contributed by atoms with van der Waals surface area (Å²) in [4.78, 5) is 0. The van der Waals surface area contributed by atoms with Gasteiger partial charge in [-0.25, -0.2) is 0 Å². The summed E-state index contributed by atoms with van der Waals surface area (Å²) < 4.78 is 16.8. The number of para-hydroxylation sites is 1. The molecule has 0 spiro atoms. The number of hydrogen-bond acceptors (Lipinski definition) is 3. The Balaban J connectivity index is 2.00. The molecule has 0 aliphatic rings. The molecule has 0 amide bonds. The predicted molar refractivity (Wildman–Crippen MR) is 82.3 cm³/mol. The Hall–Kier alpha value is -1.57. The van der Waals surface area contributed by atoms with Crippen molar-refractivity contribution in [2.24, 2.45) is 0 Å². The van der Waals surface area contributed by atoms with Crippen molar-refractivity contribution in [2.45, 2.75) is 13.1 Å². The van der Waals surface area contributed by atoms with Gasteiger partial charge in [-0.2, -0.15) is 0 Å². The Morgan fingerprint density at radius 1 is 0.900 bits per heavy atom. The van der Waals surface area contributed by atoms with E-state index in [0.717, 1.165) is 17.7 Å². The Morgan fingerprint density at radius 2 is 1.60 bits per heavy atom. The minimum Gasteiger partial charge on any atom is -0.497 e. The van der Waals surface area contributed by atoms with Gasteiger partial charge in [0.2, 0.25) is 8.38 Å². The maximum Gasteiger partial charge on any atom is 0.234 e. The molecule has 2 aromatic carbocycles. The Morgan fingerprint density at radius 3 is 2.20 bits per heavy atom. The molecule has 2 aromatic rings. The topological polar surface area (TPSA) is 27.7 Å². The normalized spacial score (nSPS) is 11.9. The van der Waals surface area contributed by atoms with E-state index >= 15 is 0 Å². The summed E-state index contributed by atoms with van der Waals surface area (Å²) in [5.74, 6) is 1.71. The molecule has 0 aromatic heterocycles. The van der Waals surface area contributed by atoms with E-state index in [1.165, 1.54) is 5.56 Å². The summed E-state index contributed by atoms with van der Waals surface area (Å²) in [5, 5.41) is 0. The van der Waals surface area contributed by atoms with Crippen LogP contribution in [0.1, 0.15) is 12.5 Å². The molecule has 0 saturated carbocycles. The lowest BCUT2D eigenvalue weighted by atomic mass is 10.2. The van der Waals surface area contributed by atoms with Crippen molar-refractivity contribution in [1.82, 2.24) is 0 Å². The lowest BCUT2D eigenvalue weighted by Gasteiger charge is -2.17. The van der Waals surface area contributed by atoms with E-state index in [2.05, 4.69) is 0 Å². The summed E-state index contributed by atoms with van der Waals surface area (Å²) in [6.07, 6.45) is 0.766. The zero-order valence-corrected chi connectivity index (χ0v) is 12.7. The highest BCUT2D eigenvalue weighted by Crippen LogP contribution is 2.42. The fraction of sp³-hybridized carbons (Fsp3) is 0.250. The van der Waals surface area contributed by atoms with Crippen LogP contribution in [0.15, 0.2) is 54.6 Å². The quantitative estimate of drug-likeness (QED) is 0.696. The van der Waals surface area contributed by atoms with Gasteiger partial charge in [-0.05, 0) is 36.8 Å². The molecule has 1 unspecified atom stereocenters. The van der Waals surface area contributed by atoms with Crippen LogP contribution in [0.2, 0.25) is 0 Å². The van der Waals surface area contributed by atoms with Gasteiger partial charge < -0.3 is 13.8 Å². The van der Waals surface area contributed by atoms with Crippen LogP contribution >= 0.6 is 8.38 Å². The zero-order valence-electron chi connectivity index (χ0n) is 11.8. The molecule has 0 heterocycles. The van der Waals surface area contributed by atoms with E-state index in [0.29, 0.717) is 6.61 Å². The fourth-order valence-corrected chi connectivity index (χ4v) is 3.09. The zero-order chi connectivity index (χ0) is 14.2. The molecule has 106 valence electrons. The Bertz CT molecular complexity index is 499. The van der Waals surface area contributed by atoms with E-state index in [1.54, 1.807) is 7.11 Å². The maximum atomic E-state index is 5.93. The standard InChI is InChI=1S/C16H19O3P/c1-3-18-20(19-16-7-5-4-6-8-16)13-14-9-11-15(17-2)12-10-14/h4-12H,3,13H2,1-2H3. The fourth-order valence-electron chi connectivity index (χ4n) is 1.73. The first-order valence-corrected chi connectivity index (χ1v) is 7.94. The molecule has 0 aliphatic heterocycles. The van der Waals surface area contributed by atoms with Gasteiger partial charge in [0.15, 0.2) is 0 Å². The Kier molecular flexibility index (Phi) is 5.85. The van der Waals surface area contributed by atoms with E-state index in [9.17, 15) is 0 Å². The summed E-state index contributed by atoms with van der Waals surface area (Å²) in [6.45, 7) is 2.63. The minimum absolute atomic E-state index is 0.648. The van der Waals surface area contributed by atoms with Crippen molar-refractivity contribution in [3.05, 3.63) is 60.2 Å². The molecular formula is C16H19O3P. The van der Waals surface area contributed by atoms with Gasteiger partial charge >= 0.3 is 0 Å². The molecule has 0 saturated heterocycles. The number of hydrogen-bond donors (Lipinski definition) is 0. The molecule has 1 atom stereocenters. The average molecular weight is 290 g/mol. The van der Waals surface area contributed by atoms with Crippen LogP contribution in [-0.4, -0.2) is 13.7 Å². The van der Waals surface area contributed by atoms with Crippen molar-refractivity contribution in [2.75, 3.05) is 13.7 Å². The van der Waals surface area contributed by atoms with E-state index in [1.807, 2.05) is 61.5 Å². The molecule has 0 bridgehead atoms. The summed E-state index contributed by atoms with van der Waals surface area (Å²) in [5.41, 5.74) is 1.18. The SMILES string of the molecule is CCOP(Cc1ccc(OC)cc1)Oc1ccccc1. The third kappa shape index (κ3) is 4.52. The third-order valence-corrected chi connectivity index (χ3v) is 4.28. The second kappa shape index (κ2) is 7.88. The molecule has 20 heavy (non-hydrogen) atoms. The van der Waals surface area contributed by atoms with Gasteiger partial charge in [0, 0.05) is 0 Å². The molecule has 2 rings (SSSR count). The first-order valence-electron chi connectivity index (χ1n) is 6.58. The number of benzene rings is 2. The minimum atomic E-state index is -0.968. The summed E-state index contributed by atoms with van der Waals surface area (Å²) in [7, 11) is 0.699. The monoisotopic (exact) mass is 290 g/mol. The van der Waals surface area contributed by atoms with Gasteiger partial charge in [0.1, 0.15) is 11.5 Å². The maximum absolute atomic E-state index is 5.93. The van der Waals surface area contributed by atoms with Crippen molar-refractivity contribution in [3.63, 3.8) is 0 Å². The predicted octanol–water partition coefficient (Wildman–Crippen LogP) is 4.62. The highest BCUT2D eigenvalue weighted by atomic mass is 31.2. The van der Waals surface area contributed by atoms with Crippen LogP contribution in [-0.2, 0) is 10.7 Å². The molecule has 0 radical (unpaired) electrons. The van der Waals surface area contributed by atoms with Gasteiger partial charge in [-0.15, -0.1) is 0 Å². The van der Waals surface area contributed by atoms with Crippen LogP contribution in [0, 0.1) is 0 Å². The molecule has 0 N–H and O–H groups in total. The summed E-state index contributed by atoms with van der Waals surface area (Å²) in [6, 6.07) is 17.8.